The first kappa shape index (κ1) is 19.9. The second-order valence-electron chi connectivity index (χ2n) is 6.18. The smallest absolute Gasteiger partial charge is 0.417 e. The van der Waals surface area contributed by atoms with Crippen molar-refractivity contribution in [3.05, 3.63) is 23.3 Å². The summed E-state index contributed by atoms with van der Waals surface area (Å²) in [6.45, 7) is 0. The van der Waals surface area contributed by atoms with Crippen molar-refractivity contribution in [2.45, 2.75) is 50.7 Å². The Morgan fingerprint density at radius 2 is 1.77 bits per heavy atom. The Morgan fingerprint density at radius 3 is 2.31 bits per heavy atom. The number of ether oxygens (including phenoxy) is 1. The standard InChI is InChI=1S/C17H21F3N2O4/c1-26-14-9-12(17(18,19)20)11(8-13(14)23)15(24)22-16(25)21-10-6-4-2-3-5-7-10/h8-10,23H,2-7H2,1H3,(H2,21,22,24,25). The van der Waals surface area contributed by atoms with Gasteiger partial charge in [0, 0.05) is 6.04 Å². The summed E-state index contributed by atoms with van der Waals surface area (Å²) < 4.78 is 44.2. The van der Waals surface area contributed by atoms with Gasteiger partial charge in [-0.3, -0.25) is 10.1 Å². The third-order valence-corrected chi connectivity index (χ3v) is 4.29. The van der Waals surface area contributed by atoms with Gasteiger partial charge in [0.05, 0.1) is 18.2 Å². The molecular formula is C17H21F3N2O4. The van der Waals surface area contributed by atoms with Crippen LogP contribution >= 0.6 is 0 Å². The first-order valence-electron chi connectivity index (χ1n) is 8.32. The Kier molecular flexibility index (Phi) is 6.33. The van der Waals surface area contributed by atoms with Crippen LogP contribution in [0, 0.1) is 0 Å². The van der Waals surface area contributed by atoms with Gasteiger partial charge in [-0.25, -0.2) is 4.79 Å². The van der Waals surface area contributed by atoms with Crippen molar-refractivity contribution >= 4 is 11.9 Å². The van der Waals surface area contributed by atoms with Crippen LogP contribution in [0.25, 0.3) is 0 Å². The molecule has 0 aromatic heterocycles. The van der Waals surface area contributed by atoms with Crippen LogP contribution in [0.2, 0.25) is 0 Å². The number of hydrogen-bond acceptors (Lipinski definition) is 4. The predicted octanol–water partition coefficient (Wildman–Crippen LogP) is 3.58. The number of methoxy groups -OCH3 is 1. The van der Waals surface area contributed by atoms with Crippen LogP contribution in [-0.4, -0.2) is 30.2 Å². The molecule has 3 N–H and O–H groups in total. The van der Waals surface area contributed by atoms with E-state index in [-0.39, 0.29) is 6.04 Å². The minimum absolute atomic E-state index is 0.114. The van der Waals surface area contributed by atoms with E-state index in [0.29, 0.717) is 12.1 Å². The highest BCUT2D eigenvalue weighted by atomic mass is 19.4. The SMILES string of the molecule is COc1cc(C(F)(F)F)c(C(=O)NC(=O)NC2CCCCCC2)cc1O. The quantitative estimate of drug-likeness (QED) is 0.706. The number of rotatable bonds is 3. The van der Waals surface area contributed by atoms with Gasteiger partial charge < -0.3 is 15.2 Å². The van der Waals surface area contributed by atoms with Gasteiger partial charge in [-0.2, -0.15) is 13.2 Å². The maximum absolute atomic E-state index is 13.2. The molecule has 3 amide bonds. The third kappa shape index (κ3) is 5.03. The monoisotopic (exact) mass is 374 g/mol. The number of phenols is 1. The molecule has 1 saturated carbocycles. The van der Waals surface area contributed by atoms with Crippen LogP contribution in [0.4, 0.5) is 18.0 Å². The van der Waals surface area contributed by atoms with Gasteiger partial charge in [0.15, 0.2) is 11.5 Å². The van der Waals surface area contributed by atoms with Crippen LogP contribution in [-0.2, 0) is 6.18 Å². The molecule has 0 radical (unpaired) electrons. The summed E-state index contributed by atoms with van der Waals surface area (Å²) in [5, 5.41) is 14.2. The van der Waals surface area contributed by atoms with Crippen molar-refractivity contribution in [1.29, 1.82) is 0 Å². The molecule has 6 nitrogen and oxygen atoms in total. The van der Waals surface area contributed by atoms with Gasteiger partial charge in [-0.15, -0.1) is 0 Å². The second-order valence-corrected chi connectivity index (χ2v) is 6.18. The van der Waals surface area contributed by atoms with E-state index in [2.05, 4.69) is 10.1 Å². The van der Waals surface area contributed by atoms with Crippen molar-refractivity contribution in [2.24, 2.45) is 0 Å². The van der Waals surface area contributed by atoms with Crippen molar-refractivity contribution in [3.8, 4) is 11.5 Å². The van der Waals surface area contributed by atoms with Crippen LogP contribution in [0.15, 0.2) is 12.1 Å². The molecule has 0 spiro atoms. The van der Waals surface area contributed by atoms with Gasteiger partial charge in [0.2, 0.25) is 0 Å². The fraction of sp³-hybridized carbons (Fsp3) is 0.529. The van der Waals surface area contributed by atoms with Crippen molar-refractivity contribution in [2.75, 3.05) is 7.11 Å². The number of urea groups is 1. The Morgan fingerprint density at radius 1 is 1.15 bits per heavy atom. The minimum Gasteiger partial charge on any atom is -0.504 e. The molecule has 144 valence electrons. The molecule has 1 aliphatic rings. The number of hydrogen-bond donors (Lipinski definition) is 3. The molecule has 0 atom stereocenters. The largest absolute Gasteiger partial charge is 0.504 e. The Labute approximate surface area is 148 Å². The molecule has 1 aromatic carbocycles. The lowest BCUT2D eigenvalue weighted by Gasteiger charge is -2.18. The summed E-state index contributed by atoms with van der Waals surface area (Å²) in [7, 11) is 1.09. The molecule has 0 heterocycles. The lowest BCUT2D eigenvalue weighted by atomic mass is 10.0. The molecule has 0 saturated heterocycles. The number of carbonyl (C=O) groups is 2. The van der Waals surface area contributed by atoms with Crippen LogP contribution in [0.3, 0.4) is 0 Å². The lowest BCUT2D eigenvalue weighted by Crippen LogP contribution is -2.44. The van der Waals surface area contributed by atoms with Gasteiger partial charge in [-0.05, 0) is 25.0 Å². The first-order valence-corrected chi connectivity index (χ1v) is 8.32. The van der Waals surface area contributed by atoms with Crippen LogP contribution < -0.4 is 15.4 Å². The van der Waals surface area contributed by atoms with E-state index in [1.807, 2.05) is 5.32 Å². The zero-order chi connectivity index (χ0) is 19.3. The number of imide groups is 1. The number of phenolic OH excluding ortho intramolecular Hbond substituents is 1. The summed E-state index contributed by atoms with van der Waals surface area (Å²) in [5.74, 6) is -2.30. The topological polar surface area (TPSA) is 87.7 Å². The Hall–Kier alpha value is -2.45. The normalized spacial score (nSPS) is 15.8. The zero-order valence-electron chi connectivity index (χ0n) is 14.3. The van der Waals surface area contributed by atoms with Gasteiger partial charge in [0.1, 0.15) is 0 Å². The van der Waals surface area contributed by atoms with E-state index in [4.69, 9.17) is 0 Å². The molecule has 1 fully saturated rings. The molecule has 0 bridgehead atoms. The maximum Gasteiger partial charge on any atom is 0.417 e. The summed E-state index contributed by atoms with van der Waals surface area (Å²) in [4.78, 5) is 24.1. The Balaban J connectivity index is 2.15. The van der Waals surface area contributed by atoms with Crippen LogP contribution in [0.5, 0.6) is 11.5 Å². The number of amides is 3. The number of carbonyl (C=O) groups excluding carboxylic acids is 2. The van der Waals surface area contributed by atoms with E-state index >= 15 is 0 Å². The molecular weight excluding hydrogens is 353 g/mol. The van der Waals surface area contributed by atoms with E-state index in [1.165, 1.54) is 0 Å². The molecule has 0 unspecified atom stereocenters. The van der Waals surface area contributed by atoms with Crippen molar-refractivity contribution in [1.82, 2.24) is 10.6 Å². The van der Waals surface area contributed by atoms with Gasteiger partial charge >= 0.3 is 12.2 Å². The highest BCUT2D eigenvalue weighted by molar-refractivity contribution is 6.05. The zero-order valence-corrected chi connectivity index (χ0v) is 14.3. The molecule has 9 heteroatoms. The molecule has 26 heavy (non-hydrogen) atoms. The molecule has 0 aliphatic heterocycles. The average Bonchev–Trinajstić information content (AvgIpc) is 2.81. The Bertz CT molecular complexity index is 669. The van der Waals surface area contributed by atoms with Gasteiger partial charge in [0.25, 0.3) is 5.91 Å². The van der Waals surface area contributed by atoms with Crippen molar-refractivity contribution in [3.63, 3.8) is 0 Å². The van der Waals surface area contributed by atoms with Crippen molar-refractivity contribution < 1.29 is 32.6 Å². The average molecular weight is 374 g/mol. The summed E-state index contributed by atoms with van der Waals surface area (Å²) in [5.41, 5.74) is -2.15. The van der Waals surface area contributed by atoms with Gasteiger partial charge in [-0.1, -0.05) is 25.7 Å². The summed E-state index contributed by atoms with van der Waals surface area (Å²) in [6.07, 6.45) is 0.702. The molecule has 1 aromatic rings. The minimum atomic E-state index is -4.86. The van der Waals surface area contributed by atoms with Crippen LogP contribution in [0.1, 0.15) is 54.4 Å². The number of benzene rings is 1. The fourth-order valence-electron chi connectivity index (χ4n) is 2.97. The molecule has 1 aliphatic carbocycles. The molecule has 2 rings (SSSR count). The number of halogens is 3. The first-order chi connectivity index (χ1) is 12.2. The second kappa shape index (κ2) is 8.29. The number of alkyl halides is 3. The predicted molar refractivity (Wildman–Crippen MR) is 87.1 cm³/mol. The highest BCUT2D eigenvalue weighted by Gasteiger charge is 2.37. The lowest BCUT2D eigenvalue weighted by molar-refractivity contribution is -0.138. The third-order valence-electron chi connectivity index (χ3n) is 4.29. The number of nitrogens with one attached hydrogen (secondary N) is 2. The summed E-state index contributed by atoms with van der Waals surface area (Å²) in [6, 6.07) is 0.186. The van der Waals surface area contributed by atoms with E-state index in [9.17, 15) is 27.9 Å². The summed E-state index contributed by atoms with van der Waals surface area (Å²) >= 11 is 0. The van der Waals surface area contributed by atoms with E-state index in [1.54, 1.807) is 0 Å². The highest BCUT2D eigenvalue weighted by Crippen LogP contribution is 2.38. The number of aromatic hydroxyl groups is 1. The van der Waals surface area contributed by atoms with E-state index < -0.39 is 40.7 Å². The van der Waals surface area contributed by atoms with E-state index in [0.717, 1.165) is 45.6 Å². The fourth-order valence-corrected chi connectivity index (χ4v) is 2.97. The maximum atomic E-state index is 13.2.